The van der Waals surface area contributed by atoms with Gasteiger partial charge in [-0.1, -0.05) is 24.3 Å². The molecule has 3 aromatic carbocycles. The molecule has 0 fully saturated rings. The minimum absolute atomic E-state index is 0.113. The smallest absolute Gasteiger partial charge is 0.343 e. The van der Waals surface area contributed by atoms with Crippen LogP contribution in [0, 0.1) is 7.14 Å². The Labute approximate surface area is 199 Å². The Morgan fingerprint density at radius 2 is 1.73 bits per heavy atom. The molecule has 3 aromatic rings. The number of benzene rings is 3. The van der Waals surface area contributed by atoms with Crippen LogP contribution in [0.15, 0.2) is 53.6 Å². The zero-order chi connectivity index (χ0) is 21.7. The van der Waals surface area contributed by atoms with E-state index in [2.05, 4.69) is 60.4 Å². The third kappa shape index (κ3) is 5.39. The maximum absolute atomic E-state index is 12.4. The number of amides is 1. The Morgan fingerprint density at radius 3 is 2.37 bits per heavy atom. The molecular formula is C21H16I2N2O5. The van der Waals surface area contributed by atoms with Gasteiger partial charge in [0, 0.05) is 0 Å². The topological polar surface area (TPSA) is 97.2 Å². The van der Waals surface area contributed by atoms with Gasteiger partial charge in [-0.3, -0.25) is 4.79 Å². The Kier molecular flexibility index (Phi) is 7.48. The quantitative estimate of drug-likeness (QED) is 0.186. The second kappa shape index (κ2) is 10.1. The molecule has 0 bridgehead atoms. The SMILES string of the molecule is COC(=O)COc1c(I)cc(C=NNC(=O)c2cc3ccccc3cc2O)cc1I. The number of rotatable bonds is 6. The third-order valence-electron chi connectivity index (χ3n) is 4.07. The number of halogens is 2. The molecule has 30 heavy (non-hydrogen) atoms. The van der Waals surface area contributed by atoms with E-state index in [1.165, 1.54) is 13.3 Å². The van der Waals surface area contributed by atoms with Crippen LogP contribution in [0.25, 0.3) is 10.8 Å². The van der Waals surface area contributed by atoms with E-state index in [1.807, 2.05) is 24.3 Å². The van der Waals surface area contributed by atoms with Crippen molar-refractivity contribution >= 4 is 74.0 Å². The molecule has 0 atom stereocenters. The predicted molar refractivity (Wildman–Crippen MR) is 130 cm³/mol. The lowest BCUT2D eigenvalue weighted by molar-refractivity contribution is -0.142. The van der Waals surface area contributed by atoms with E-state index in [0.29, 0.717) is 5.75 Å². The van der Waals surface area contributed by atoms with Crippen molar-refractivity contribution in [3.63, 3.8) is 0 Å². The van der Waals surface area contributed by atoms with Crippen LogP contribution in [-0.2, 0) is 9.53 Å². The summed E-state index contributed by atoms with van der Waals surface area (Å²) in [6, 6.07) is 14.2. The first-order valence-corrected chi connectivity index (χ1v) is 10.8. The second-order valence-corrected chi connectivity index (χ2v) is 8.42. The van der Waals surface area contributed by atoms with Gasteiger partial charge in [0.05, 0.1) is 26.0 Å². The lowest BCUT2D eigenvalue weighted by Crippen LogP contribution is -2.17. The van der Waals surface area contributed by atoms with E-state index in [0.717, 1.165) is 23.5 Å². The maximum Gasteiger partial charge on any atom is 0.343 e. The number of methoxy groups -OCH3 is 1. The lowest BCUT2D eigenvalue weighted by atomic mass is 10.1. The summed E-state index contributed by atoms with van der Waals surface area (Å²) in [5, 5.41) is 15.8. The standard InChI is InChI=1S/C21H16I2N2O5/c1-29-19(27)11-30-20-16(22)6-12(7-17(20)23)10-24-25-21(28)15-8-13-4-2-3-5-14(13)9-18(15)26/h2-10,26H,11H2,1H3,(H,25,28). The summed E-state index contributed by atoms with van der Waals surface area (Å²) in [6.07, 6.45) is 1.49. The van der Waals surface area contributed by atoms with Gasteiger partial charge in [0.25, 0.3) is 5.91 Å². The first-order valence-electron chi connectivity index (χ1n) is 8.63. The molecule has 0 saturated heterocycles. The van der Waals surface area contributed by atoms with Gasteiger partial charge >= 0.3 is 5.97 Å². The van der Waals surface area contributed by atoms with Crippen molar-refractivity contribution in [1.29, 1.82) is 0 Å². The molecule has 3 rings (SSSR count). The number of esters is 1. The summed E-state index contributed by atoms with van der Waals surface area (Å²) in [7, 11) is 1.30. The zero-order valence-corrected chi connectivity index (χ0v) is 20.0. The van der Waals surface area contributed by atoms with E-state index in [9.17, 15) is 14.7 Å². The van der Waals surface area contributed by atoms with Crippen molar-refractivity contribution in [2.45, 2.75) is 0 Å². The van der Waals surface area contributed by atoms with Crippen LogP contribution < -0.4 is 10.2 Å². The van der Waals surface area contributed by atoms with Crippen LogP contribution in [0.2, 0.25) is 0 Å². The van der Waals surface area contributed by atoms with Crippen LogP contribution in [0.4, 0.5) is 0 Å². The van der Waals surface area contributed by atoms with Gasteiger partial charge < -0.3 is 14.6 Å². The molecule has 0 radical (unpaired) electrons. The number of carbonyl (C=O) groups excluding carboxylic acids is 2. The molecule has 2 N–H and O–H groups in total. The number of ether oxygens (including phenoxy) is 2. The van der Waals surface area contributed by atoms with Crippen molar-refractivity contribution in [1.82, 2.24) is 5.43 Å². The van der Waals surface area contributed by atoms with Crippen LogP contribution >= 0.6 is 45.2 Å². The number of aromatic hydroxyl groups is 1. The summed E-state index contributed by atoms with van der Waals surface area (Å²) in [5.74, 6) is -0.523. The molecule has 154 valence electrons. The molecule has 0 aliphatic rings. The van der Waals surface area contributed by atoms with Crippen LogP contribution in [0.3, 0.4) is 0 Å². The van der Waals surface area contributed by atoms with Crippen molar-refractivity contribution in [3.05, 3.63) is 66.8 Å². The highest BCUT2D eigenvalue weighted by molar-refractivity contribution is 14.1. The number of fused-ring (bicyclic) bond motifs is 1. The monoisotopic (exact) mass is 630 g/mol. The maximum atomic E-state index is 12.4. The van der Waals surface area contributed by atoms with Gasteiger partial charge in [-0.2, -0.15) is 5.10 Å². The van der Waals surface area contributed by atoms with Gasteiger partial charge in [-0.05, 0) is 85.8 Å². The highest BCUT2D eigenvalue weighted by Gasteiger charge is 2.13. The van der Waals surface area contributed by atoms with Crippen LogP contribution in [0.1, 0.15) is 15.9 Å². The van der Waals surface area contributed by atoms with Gasteiger partial charge in [0.2, 0.25) is 0 Å². The Bertz CT molecular complexity index is 1120. The minimum atomic E-state index is -0.517. The molecule has 0 aliphatic carbocycles. The number of nitrogens with one attached hydrogen (secondary N) is 1. The first-order chi connectivity index (χ1) is 14.4. The Balaban J connectivity index is 1.71. The molecule has 0 aliphatic heterocycles. The Hall–Kier alpha value is -2.41. The first kappa shape index (κ1) is 22.3. The summed E-state index contributed by atoms with van der Waals surface area (Å²) in [4.78, 5) is 23.7. The fourth-order valence-corrected chi connectivity index (χ4v) is 4.75. The fraction of sp³-hybridized carbons (Fsp3) is 0.0952. The van der Waals surface area contributed by atoms with E-state index in [4.69, 9.17) is 4.74 Å². The fourth-order valence-electron chi connectivity index (χ4n) is 2.62. The highest BCUT2D eigenvalue weighted by Crippen LogP contribution is 2.29. The summed E-state index contributed by atoms with van der Waals surface area (Å²) >= 11 is 4.19. The summed E-state index contributed by atoms with van der Waals surface area (Å²) in [6.45, 7) is -0.179. The largest absolute Gasteiger partial charge is 0.507 e. The predicted octanol–water partition coefficient (Wildman–Crippen LogP) is 4.07. The van der Waals surface area contributed by atoms with Crippen LogP contribution in [-0.4, -0.2) is 36.9 Å². The number of hydrogen-bond acceptors (Lipinski definition) is 6. The highest BCUT2D eigenvalue weighted by atomic mass is 127. The van der Waals surface area contributed by atoms with E-state index < -0.39 is 11.9 Å². The van der Waals surface area contributed by atoms with E-state index >= 15 is 0 Å². The molecule has 7 nitrogen and oxygen atoms in total. The lowest BCUT2D eigenvalue weighted by Gasteiger charge is -2.10. The van der Waals surface area contributed by atoms with Crippen molar-refractivity contribution in [2.75, 3.05) is 13.7 Å². The summed E-state index contributed by atoms with van der Waals surface area (Å²) < 4.78 is 11.6. The average molecular weight is 630 g/mol. The molecule has 0 spiro atoms. The summed E-state index contributed by atoms with van der Waals surface area (Å²) in [5.41, 5.74) is 3.30. The minimum Gasteiger partial charge on any atom is -0.507 e. The van der Waals surface area contributed by atoms with Gasteiger partial charge in [0.15, 0.2) is 6.61 Å². The number of hydrogen-bond donors (Lipinski definition) is 2. The number of nitrogens with zero attached hydrogens (tertiary/aromatic N) is 1. The third-order valence-corrected chi connectivity index (χ3v) is 5.67. The zero-order valence-electron chi connectivity index (χ0n) is 15.7. The van der Waals surface area contributed by atoms with Crippen molar-refractivity contribution in [3.8, 4) is 11.5 Å². The molecule has 0 unspecified atom stereocenters. The molecule has 0 aromatic heterocycles. The number of hydrazone groups is 1. The number of phenolic OH excluding ortho intramolecular Hbond substituents is 1. The van der Waals surface area contributed by atoms with Gasteiger partial charge in [-0.25, -0.2) is 10.2 Å². The normalized spacial score (nSPS) is 10.9. The van der Waals surface area contributed by atoms with Crippen molar-refractivity contribution < 1.29 is 24.2 Å². The molecule has 1 amide bonds. The molecule has 0 heterocycles. The second-order valence-electron chi connectivity index (χ2n) is 6.09. The van der Waals surface area contributed by atoms with E-state index in [1.54, 1.807) is 24.3 Å². The molecule has 9 heteroatoms. The van der Waals surface area contributed by atoms with Crippen LogP contribution in [0.5, 0.6) is 11.5 Å². The molecule has 0 saturated carbocycles. The average Bonchev–Trinajstić information content (AvgIpc) is 2.72. The van der Waals surface area contributed by atoms with E-state index in [-0.39, 0.29) is 17.9 Å². The van der Waals surface area contributed by atoms with Gasteiger partial charge in [0.1, 0.15) is 11.5 Å². The molecular weight excluding hydrogens is 614 g/mol. The number of phenols is 1. The Morgan fingerprint density at radius 1 is 1.10 bits per heavy atom. The number of carbonyl (C=O) groups is 2. The van der Waals surface area contributed by atoms with Crippen molar-refractivity contribution in [2.24, 2.45) is 5.10 Å². The van der Waals surface area contributed by atoms with Gasteiger partial charge in [-0.15, -0.1) is 0 Å².